The highest BCUT2D eigenvalue weighted by molar-refractivity contribution is 6.31. The first-order chi connectivity index (χ1) is 9.65. The van der Waals surface area contributed by atoms with Crippen LogP contribution in [0.5, 0.6) is 0 Å². The lowest BCUT2D eigenvalue weighted by Gasteiger charge is -2.28. The summed E-state index contributed by atoms with van der Waals surface area (Å²) in [5.74, 6) is 0.0702. The molecule has 4 heteroatoms. The smallest absolute Gasteiger partial charge is 0.239 e. The first-order valence-corrected chi connectivity index (χ1v) is 7.83. The number of nitrogens with two attached hydrogens (primary N) is 1. The Labute approximate surface area is 126 Å². The van der Waals surface area contributed by atoms with Gasteiger partial charge in [0.2, 0.25) is 5.91 Å². The summed E-state index contributed by atoms with van der Waals surface area (Å²) < 4.78 is 0. The molecule has 0 spiro atoms. The number of carbonyl (C=O) groups is 1. The van der Waals surface area contributed by atoms with Crippen LogP contribution < -0.4 is 5.73 Å². The predicted octanol–water partition coefficient (Wildman–Crippen LogP) is 3.52. The summed E-state index contributed by atoms with van der Waals surface area (Å²) in [4.78, 5) is 14.4. The number of hydrogen-bond donors (Lipinski definition) is 1. The van der Waals surface area contributed by atoms with E-state index >= 15 is 0 Å². The zero-order valence-corrected chi connectivity index (χ0v) is 12.8. The first kappa shape index (κ1) is 15.3. The van der Waals surface area contributed by atoms with E-state index in [1.54, 1.807) is 0 Å². The van der Waals surface area contributed by atoms with Crippen molar-refractivity contribution in [2.24, 2.45) is 5.73 Å². The second-order valence-electron chi connectivity index (χ2n) is 5.46. The highest BCUT2D eigenvalue weighted by atomic mass is 35.5. The van der Waals surface area contributed by atoms with Crippen LogP contribution in [0.1, 0.15) is 50.6 Å². The Morgan fingerprint density at radius 2 is 2.25 bits per heavy atom. The van der Waals surface area contributed by atoms with E-state index in [1.807, 2.05) is 29.2 Å². The van der Waals surface area contributed by atoms with Gasteiger partial charge in [0.05, 0.1) is 12.1 Å². The van der Waals surface area contributed by atoms with Crippen LogP contribution in [-0.2, 0) is 4.79 Å². The lowest BCUT2D eigenvalue weighted by Crippen LogP contribution is -2.43. The van der Waals surface area contributed by atoms with Gasteiger partial charge >= 0.3 is 0 Å². The molecule has 1 aliphatic heterocycles. The predicted molar refractivity (Wildman–Crippen MR) is 82.6 cm³/mol. The number of rotatable bonds is 5. The Morgan fingerprint density at radius 1 is 1.50 bits per heavy atom. The summed E-state index contributed by atoms with van der Waals surface area (Å²) in [5, 5.41) is 0.735. The molecule has 1 unspecified atom stereocenters. The number of likely N-dealkylation sites (tertiary alicyclic amines) is 1. The van der Waals surface area contributed by atoms with Crippen LogP contribution in [0, 0.1) is 0 Å². The number of unbranched alkanes of at least 4 members (excludes halogenated alkanes) is 1. The number of amides is 1. The SMILES string of the molecule is CCCC[C@H](N)C(=O)N1CCCC1c1ccccc1Cl. The Bertz CT molecular complexity index is 464. The van der Waals surface area contributed by atoms with Crippen molar-refractivity contribution in [3.63, 3.8) is 0 Å². The lowest BCUT2D eigenvalue weighted by atomic mass is 10.0. The van der Waals surface area contributed by atoms with Gasteiger partial charge in [-0.3, -0.25) is 4.79 Å². The fraction of sp³-hybridized carbons (Fsp3) is 0.562. The number of nitrogens with zero attached hydrogens (tertiary/aromatic N) is 1. The van der Waals surface area contributed by atoms with E-state index in [9.17, 15) is 4.79 Å². The van der Waals surface area contributed by atoms with Crippen LogP contribution in [0.3, 0.4) is 0 Å². The molecule has 0 saturated carbocycles. The van der Waals surface area contributed by atoms with E-state index in [2.05, 4.69) is 6.92 Å². The second-order valence-corrected chi connectivity index (χ2v) is 5.87. The molecule has 0 aliphatic carbocycles. The van der Waals surface area contributed by atoms with Crippen molar-refractivity contribution in [1.29, 1.82) is 0 Å². The molecule has 0 bridgehead atoms. The Morgan fingerprint density at radius 3 is 2.95 bits per heavy atom. The van der Waals surface area contributed by atoms with Crippen LogP contribution in [-0.4, -0.2) is 23.4 Å². The van der Waals surface area contributed by atoms with Crippen LogP contribution in [0.15, 0.2) is 24.3 Å². The third-order valence-electron chi connectivity index (χ3n) is 3.99. The van der Waals surface area contributed by atoms with Gasteiger partial charge in [-0.05, 0) is 30.9 Å². The van der Waals surface area contributed by atoms with E-state index in [4.69, 9.17) is 17.3 Å². The summed E-state index contributed by atoms with van der Waals surface area (Å²) in [5.41, 5.74) is 7.08. The summed E-state index contributed by atoms with van der Waals surface area (Å²) in [6.45, 7) is 2.90. The van der Waals surface area contributed by atoms with Crippen LogP contribution in [0.4, 0.5) is 0 Å². The standard InChI is InChI=1S/C16H23ClN2O/c1-2-3-9-14(18)16(20)19-11-6-10-15(19)12-7-4-5-8-13(12)17/h4-5,7-8,14-15H,2-3,6,9-11,18H2,1H3/t14-,15?/m0/s1. The number of carbonyl (C=O) groups excluding carboxylic acids is 1. The Kier molecular flexibility index (Phi) is 5.44. The molecule has 110 valence electrons. The van der Waals surface area contributed by atoms with Crippen molar-refractivity contribution in [2.75, 3.05) is 6.54 Å². The van der Waals surface area contributed by atoms with Gasteiger partial charge in [-0.2, -0.15) is 0 Å². The molecule has 2 rings (SSSR count). The molecule has 0 radical (unpaired) electrons. The van der Waals surface area contributed by atoms with Crippen molar-refractivity contribution in [2.45, 2.75) is 51.1 Å². The third-order valence-corrected chi connectivity index (χ3v) is 4.33. The van der Waals surface area contributed by atoms with Gasteiger partial charge in [0.25, 0.3) is 0 Å². The highest BCUT2D eigenvalue weighted by Crippen LogP contribution is 2.36. The molecule has 1 aromatic carbocycles. The molecule has 0 aromatic heterocycles. The average molecular weight is 295 g/mol. The van der Waals surface area contributed by atoms with Crippen LogP contribution >= 0.6 is 11.6 Å². The molecule has 1 aliphatic rings. The molecule has 1 heterocycles. The van der Waals surface area contributed by atoms with Gasteiger partial charge in [0.15, 0.2) is 0 Å². The molecule has 2 N–H and O–H groups in total. The topological polar surface area (TPSA) is 46.3 Å². The molecule has 20 heavy (non-hydrogen) atoms. The maximum absolute atomic E-state index is 12.5. The highest BCUT2D eigenvalue weighted by Gasteiger charge is 2.33. The molecular formula is C16H23ClN2O. The van der Waals surface area contributed by atoms with Crippen molar-refractivity contribution >= 4 is 17.5 Å². The second kappa shape index (κ2) is 7.09. The van der Waals surface area contributed by atoms with Gasteiger partial charge in [0.1, 0.15) is 0 Å². The first-order valence-electron chi connectivity index (χ1n) is 7.45. The van der Waals surface area contributed by atoms with Gasteiger partial charge in [-0.15, -0.1) is 0 Å². The number of halogens is 1. The zero-order valence-electron chi connectivity index (χ0n) is 12.0. The van der Waals surface area contributed by atoms with E-state index in [1.165, 1.54) is 0 Å². The van der Waals surface area contributed by atoms with Gasteiger partial charge in [-0.25, -0.2) is 0 Å². The largest absolute Gasteiger partial charge is 0.334 e. The Balaban J connectivity index is 2.11. The molecule has 3 nitrogen and oxygen atoms in total. The lowest BCUT2D eigenvalue weighted by molar-refractivity contribution is -0.133. The van der Waals surface area contributed by atoms with E-state index in [0.717, 1.165) is 49.2 Å². The fourth-order valence-corrected chi connectivity index (χ4v) is 3.12. The normalized spacial score (nSPS) is 20.1. The molecule has 1 saturated heterocycles. The third kappa shape index (κ3) is 3.33. The fourth-order valence-electron chi connectivity index (χ4n) is 2.86. The quantitative estimate of drug-likeness (QED) is 0.903. The summed E-state index contributed by atoms with van der Waals surface area (Å²) >= 11 is 6.27. The molecule has 1 amide bonds. The van der Waals surface area contributed by atoms with Crippen molar-refractivity contribution in [3.8, 4) is 0 Å². The number of benzene rings is 1. The van der Waals surface area contributed by atoms with E-state index < -0.39 is 0 Å². The number of hydrogen-bond acceptors (Lipinski definition) is 2. The van der Waals surface area contributed by atoms with Crippen molar-refractivity contribution in [1.82, 2.24) is 4.90 Å². The minimum absolute atomic E-state index is 0.0702. The summed E-state index contributed by atoms with van der Waals surface area (Å²) in [7, 11) is 0. The van der Waals surface area contributed by atoms with Crippen molar-refractivity contribution in [3.05, 3.63) is 34.9 Å². The molecule has 1 fully saturated rings. The van der Waals surface area contributed by atoms with Crippen LogP contribution in [0.25, 0.3) is 0 Å². The van der Waals surface area contributed by atoms with Gasteiger partial charge in [0, 0.05) is 11.6 Å². The average Bonchev–Trinajstić information content (AvgIpc) is 2.93. The van der Waals surface area contributed by atoms with E-state index in [-0.39, 0.29) is 18.0 Å². The van der Waals surface area contributed by atoms with Gasteiger partial charge in [-0.1, -0.05) is 49.6 Å². The van der Waals surface area contributed by atoms with Gasteiger partial charge < -0.3 is 10.6 Å². The minimum Gasteiger partial charge on any atom is -0.334 e. The molecular weight excluding hydrogens is 272 g/mol. The van der Waals surface area contributed by atoms with Crippen molar-refractivity contribution < 1.29 is 4.79 Å². The monoisotopic (exact) mass is 294 g/mol. The minimum atomic E-state index is -0.377. The zero-order chi connectivity index (χ0) is 14.5. The summed E-state index contributed by atoms with van der Waals surface area (Å²) in [6, 6.07) is 7.49. The summed E-state index contributed by atoms with van der Waals surface area (Å²) in [6.07, 6.45) is 4.81. The van der Waals surface area contributed by atoms with Crippen LogP contribution in [0.2, 0.25) is 5.02 Å². The Hall–Kier alpha value is -1.06. The molecule has 2 atom stereocenters. The van der Waals surface area contributed by atoms with E-state index in [0.29, 0.717) is 0 Å². The molecule has 1 aromatic rings. The maximum Gasteiger partial charge on any atom is 0.239 e. The maximum atomic E-state index is 12.5.